The minimum Gasteiger partial charge on any atom is -0.384 e. The summed E-state index contributed by atoms with van der Waals surface area (Å²) >= 11 is 0. The summed E-state index contributed by atoms with van der Waals surface area (Å²) in [4.78, 5) is 11.0. The monoisotopic (exact) mass is 257 g/mol. The Morgan fingerprint density at radius 2 is 1.79 bits per heavy atom. The van der Waals surface area contributed by atoms with Gasteiger partial charge in [-0.05, 0) is 46.5 Å². The number of nitrogens with one attached hydrogen (secondary N) is 1. The lowest BCUT2D eigenvalue weighted by Gasteiger charge is -2.08. The van der Waals surface area contributed by atoms with Crippen molar-refractivity contribution in [1.29, 1.82) is 0 Å². The zero-order valence-corrected chi connectivity index (χ0v) is 10.3. The van der Waals surface area contributed by atoms with Crippen LogP contribution in [0.3, 0.4) is 0 Å². The highest BCUT2D eigenvalue weighted by Crippen LogP contribution is 2.44. The van der Waals surface area contributed by atoms with E-state index in [4.69, 9.17) is 0 Å². The Morgan fingerprint density at radius 1 is 1.16 bits per heavy atom. The number of carbonyl (C=O) groups is 1. The number of halogens is 1. The summed E-state index contributed by atoms with van der Waals surface area (Å²) in [7, 11) is 0. The van der Waals surface area contributed by atoms with Crippen molar-refractivity contribution in [2.24, 2.45) is 0 Å². The van der Waals surface area contributed by atoms with Crippen molar-refractivity contribution in [2.45, 2.75) is 13.0 Å². The van der Waals surface area contributed by atoms with Gasteiger partial charge in [-0.2, -0.15) is 0 Å². The van der Waals surface area contributed by atoms with E-state index in [1.165, 1.54) is 19.1 Å². The molecule has 4 heteroatoms. The average molecular weight is 257 g/mol. The third-order valence-corrected chi connectivity index (χ3v) is 3.26. The fourth-order valence-electron chi connectivity index (χ4n) is 2.49. The third kappa shape index (κ3) is 1.90. The molecule has 0 spiro atoms. The maximum atomic E-state index is 13.2. The molecule has 1 aliphatic carbocycles. The quantitative estimate of drug-likeness (QED) is 0.825. The summed E-state index contributed by atoms with van der Waals surface area (Å²) < 4.78 is 13.2. The Hall–Kier alpha value is -2.20. The second kappa shape index (κ2) is 4.17. The number of fused-ring (bicyclic) bond motifs is 3. The number of rotatable bonds is 1. The van der Waals surface area contributed by atoms with Gasteiger partial charge in [-0.3, -0.25) is 4.79 Å². The molecule has 19 heavy (non-hydrogen) atoms. The van der Waals surface area contributed by atoms with Crippen molar-refractivity contribution in [1.82, 2.24) is 0 Å². The van der Waals surface area contributed by atoms with E-state index in [9.17, 15) is 14.3 Å². The van der Waals surface area contributed by atoms with Gasteiger partial charge in [-0.15, -0.1) is 0 Å². The lowest BCUT2D eigenvalue weighted by molar-refractivity contribution is -0.114. The Labute approximate surface area is 109 Å². The Kier molecular flexibility index (Phi) is 2.61. The van der Waals surface area contributed by atoms with Gasteiger partial charge >= 0.3 is 0 Å². The predicted molar refractivity (Wildman–Crippen MR) is 70.2 cm³/mol. The smallest absolute Gasteiger partial charge is 0.221 e. The van der Waals surface area contributed by atoms with E-state index in [0.717, 1.165) is 11.1 Å². The predicted octanol–water partition coefficient (Wildman–Crippen LogP) is 2.85. The van der Waals surface area contributed by atoms with Gasteiger partial charge in [-0.25, -0.2) is 4.39 Å². The van der Waals surface area contributed by atoms with Gasteiger partial charge in [0.05, 0.1) is 0 Å². The van der Waals surface area contributed by atoms with Crippen LogP contribution in [0, 0.1) is 5.82 Å². The van der Waals surface area contributed by atoms with Crippen LogP contribution in [0.1, 0.15) is 24.2 Å². The molecule has 0 radical (unpaired) electrons. The van der Waals surface area contributed by atoms with Gasteiger partial charge in [0, 0.05) is 12.6 Å². The SMILES string of the molecule is CC(=O)Nc1ccc2c(c1)[C@@H](O)c1cc(F)ccc1-2. The van der Waals surface area contributed by atoms with Crippen molar-refractivity contribution in [2.75, 3.05) is 5.32 Å². The highest BCUT2D eigenvalue weighted by atomic mass is 19.1. The number of aliphatic hydroxyl groups is 1. The first-order valence-electron chi connectivity index (χ1n) is 5.95. The fraction of sp³-hybridized carbons (Fsp3) is 0.133. The molecule has 0 saturated heterocycles. The molecule has 0 saturated carbocycles. The van der Waals surface area contributed by atoms with Gasteiger partial charge in [0.15, 0.2) is 0 Å². The summed E-state index contributed by atoms with van der Waals surface area (Å²) in [6.07, 6.45) is -0.852. The van der Waals surface area contributed by atoms with Crippen LogP contribution >= 0.6 is 0 Å². The molecule has 3 rings (SSSR count). The van der Waals surface area contributed by atoms with Crippen LogP contribution in [-0.4, -0.2) is 11.0 Å². The highest BCUT2D eigenvalue weighted by Gasteiger charge is 2.27. The van der Waals surface area contributed by atoms with Crippen molar-refractivity contribution in [3.8, 4) is 11.1 Å². The molecule has 0 bridgehead atoms. The maximum absolute atomic E-state index is 13.2. The van der Waals surface area contributed by atoms with E-state index in [0.29, 0.717) is 16.8 Å². The van der Waals surface area contributed by atoms with Crippen molar-refractivity contribution < 1.29 is 14.3 Å². The molecule has 2 aromatic rings. The molecule has 2 aromatic carbocycles. The first-order chi connectivity index (χ1) is 9.06. The van der Waals surface area contributed by atoms with Gasteiger partial charge in [-0.1, -0.05) is 12.1 Å². The van der Waals surface area contributed by atoms with Crippen LogP contribution in [0.4, 0.5) is 10.1 Å². The number of aliphatic hydroxyl groups excluding tert-OH is 1. The van der Waals surface area contributed by atoms with Crippen molar-refractivity contribution in [3.63, 3.8) is 0 Å². The number of carbonyl (C=O) groups excluding carboxylic acids is 1. The van der Waals surface area contributed by atoms with Crippen LogP contribution in [0.2, 0.25) is 0 Å². The number of benzene rings is 2. The molecular formula is C15H12FNO2. The fourth-order valence-corrected chi connectivity index (χ4v) is 2.49. The molecule has 3 nitrogen and oxygen atoms in total. The van der Waals surface area contributed by atoms with Crippen LogP contribution in [-0.2, 0) is 4.79 Å². The van der Waals surface area contributed by atoms with E-state index < -0.39 is 6.10 Å². The lowest BCUT2D eigenvalue weighted by atomic mass is 10.1. The van der Waals surface area contributed by atoms with E-state index in [1.54, 1.807) is 18.2 Å². The summed E-state index contributed by atoms with van der Waals surface area (Å²) in [6, 6.07) is 9.70. The number of hydrogen-bond donors (Lipinski definition) is 2. The molecule has 1 atom stereocenters. The zero-order valence-electron chi connectivity index (χ0n) is 10.3. The summed E-state index contributed by atoms with van der Waals surface area (Å²) in [5.41, 5.74) is 3.58. The van der Waals surface area contributed by atoms with Gasteiger partial charge in [0.25, 0.3) is 0 Å². The molecular weight excluding hydrogens is 245 g/mol. The minimum atomic E-state index is -0.852. The summed E-state index contributed by atoms with van der Waals surface area (Å²) in [6.45, 7) is 1.42. The second-order valence-electron chi connectivity index (χ2n) is 4.62. The summed E-state index contributed by atoms with van der Waals surface area (Å²) in [5.74, 6) is -0.538. The third-order valence-electron chi connectivity index (χ3n) is 3.26. The summed E-state index contributed by atoms with van der Waals surface area (Å²) in [5, 5.41) is 12.9. The number of hydrogen-bond acceptors (Lipinski definition) is 2. The molecule has 0 aromatic heterocycles. The van der Waals surface area contributed by atoms with Gasteiger partial charge < -0.3 is 10.4 Å². The van der Waals surface area contributed by atoms with E-state index in [-0.39, 0.29) is 11.7 Å². The Morgan fingerprint density at radius 3 is 2.47 bits per heavy atom. The first-order valence-corrected chi connectivity index (χ1v) is 5.95. The number of amides is 1. The van der Waals surface area contributed by atoms with Crippen LogP contribution < -0.4 is 5.32 Å². The van der Waals surface area contributed by atoms with Crippen molar-refractivity contribution in [3.05, 3.63) is 53.3 Å². The highest BCUT2D eigenvalue weighted by molar-refractivity contribution is 5.90. The molecule has 0 fully saturated rings. The minimum absolute atomic E-state index is 0.170. The lowest BCUT2D eigenvalue weighted by Crippen LogP contribution is -2.06. The standard InChI is InChI=1S/C15H12FNO2/c1-8(18)17-10-3-5-12-11-4-2-9(16)6-13(11)15(19)14(12)7-10/h2-7,15,19H,1H3,(H,17,18)/t15-/m0/s1. The Balaban J connectivity index is 2.11. The molecule has 1 amide bonds. The van der Waals surface area contributed by atoms with Crippen molar-refractivity contribution >= 4 is 11.6 Å². The molecule has 2 N–H and O–H groups in total. The van der Waals surface area contributed by atoms with Gasteiger partial charge in [0.1, 0.15) is 11.9 Å². The zero-order chi connectivity index (χ0) is 13.6. The number of anilines is 1. The molecule has 0 aliphatic heterocycles. The maximum Gasteiger partial charge on any atom is 0.221 e. The Bertz CT molecular complexity index is 682. The molecule has 0 unspecified atom stereocenters. The molecule has 96 valence electrons. The van der Waals surface area contributed by atoms with Crippen LogP contribution in [0.15, 0.2) is 36.4 Å². The van der Waals surface area contributed by atoms with E-state index >= 15 is 0 Å². The first kappa shape index (κ1) is 11.9. The van der Waals surface area contributed by atoms with Crippen LogP contribution in [0.25, 0.3) is 11.1 Å². The molecule has 1 aliphatic rings. The normalized spacial score (nSPS) is 15.8. The van der Waals surface area contributed by atoms with Gasteiger partial charge in [0.2, 0.25) is 5.91 Å². The van der Waals surface area contributed by atoms with Crippen LogP contribution in [0.5, 0.6) is 0 Å². The second-order valence-corrected chi connectivity index (χ2v) is 4.62. The van der Waals surface area contributed by atoms with E-state index in [2.05, 4.69) is 5.32 Å². The topological polar surface area (TPSA) is 49.3 Å². The van der Waals surface area contributed by atoms with E-state index in [1.807, 2.05) is 6.07 Å². The average Bonchev–Trinajstić information content (AvgIpc) is 2.62. The molecule has 0 heterocycles. The largest absolute Gasteiger partial charge is 0.384 e.